The summed E-state index contributed by atoms with van der Waals surface area (Å²) in [7, 11) is 4.21. The Morgan fingerprint density at radius 2 is 1.95 bits per heavy atom. The van der Waals surface area contributed by atoms with Crippen molar-refractivity contribution in [2.24, 2.45) is 4.99 Å². The largest absolute Gasteiger partial charge is 0.357 e. The van der Waals surface area contributed by atoms with E-state index in [9.17, 15) is 0 Å². The van der Waals surface area contributed by atoms with E-state index in [2.05, 4.69) is 78.5 Å². The first-order chi connectivity index (χ1) is 10.2. The lowest BCUT2D eigenvalue weighted by molar-refractivity contribution is 0.298. The van der Waals surface area contributed by atoms with Gasteiger partial charge in [0.05, 0.1) is 6.54 Å². The lowest BCUT2D eigenvalue weighted by Gasteiger charge is -2.23. The third-order valence-corrected chi connectivity index (χ3v) is 3.26. The maximum Gasteiger partial charge on any atom is 0.191 e. The molecule has 1 aromatic rings. The topological polar surface area (TPSA) is 39.7 Å². The number of benzene rings is 1. The van der Waals surface area contributed by atoms with Gasteiger partial charge >= 0.3 is 0 Å². The Kier molecular flexibility index (Phi) is 11.9. The number of likely N-dealkylation sites (N-methyl/N-ethyl adjacent to an activating group) is 1. The maximum atomic E-state index is 4.67. The van der Waals surface area contributed by atoms with E-state index in [0.717, 1.165) is 32.0 Å². The molecular formula is C17H29IN4. The number of aliphatic imine (C=N–C) groups is 1. The van der Waals surface area contributed by atoms with Gasteiger partial charge in [0.1, 0.15) is 0 Å². The molecule has 0 amide bonds. The predicted molar refractivity (Wildman–Crippen MR) is 107 cm³/mol. The van der Waals surface area contributed by atoms with Gasteiger partial charge in [-0.3, -0.25) is 4.99 Å². The normalized spacial score (nSPS) is 12.5. The number of nitrogens with zero attached hydrogens (tertiary/aromatic N) is 2. The van der Waals surface area contributed by atoms with E-state index in [4.69, 9.17) is 0 Å². The van der Waals surface area contributed by atoms with Gasteiger partial charge in [-0.25, -0.2) is 0 Å². The van der Waals surface area contributed by atoms with Crippen LogP contribution in [-0.4, -0.2) is 50.6 Å². The van der Waals surface area contributed by atoms with Crippen LogP contribution in [0, 0.1) is 0 Å². The summed E-state index contributed by atoms with van der Waals surface area (Å²) >= 11 is 0. The Labute approximate surface area is 152 Å². The molecule has 0 saturated carbocycles. The summed E-state index contributed by atoms with van der Waals surface area (Å²) in [4.78, 5) is 6.90. The van der Waals surface area contributed by atoms with Crippen LogP contribution in [0.4, 0.5) is 0 Å². The van der Waals surface area contributed by atoms with Crippen LogP contribution in [0.25, 0.3) is 0 Å². The molecule has 0 saturated heterocycles. The van der Waals surface area contributed by atoms with E-state index in [1.54, 1.807) is 0 Å². The van der Waals surface area contributed by atoms with Gasteiger partial charge in [0, 0.05) is 19.1 Å². The van der Waals surface area contributed by atoms with Gasteiger partial charge in [0.15, 0.2) is 5.96 Å². The zero-order chi connectivity index (χ0) is 15.5. The number of hydrogen-bond acceptors (Lipinski definition) is 2. The smallest absolute Gasteiger partial charge is 0.191 e. The van der Waals surface area contributed by atoms with E-state index >= 15 is 0 Å². The Balaban J connectivity index is 0.00000441. The first-order valence-electron chi connectivity index (χ1n) is 7.50. The average Bonchev–Trinajstić information content (AvgIpc) is 2.49. The van der Waals surface area contributed by atoms with Crippen molar-refractivity contribution >= 4 is 29.9 Å². The molecule has 0 fully saturated rings. The van der Waals surface area contributed by atoms with Gasteiger partial charge in [0.25, 0.3) is 0 Å². The van der Waals surface area contributed by atoms with Crippen LogP contribution in [0.1, 0.15) is 12.5 Å². The number of rotatable bonds is 8. The molecule has 1 rings (SSSR count). The Morgan fingerprint density at radius 3 is 2.50 bits per heavy atom. The summed E-state index contributed by atoms with van der Waals surface area (Å²) in [6.45, 7) is 8.12. The summed E-state index contributed by atoms with van der Waals surface area (Å²) in [5.41, 5.74) is 1.34. The third kappa shape index (κ3) is 8.38. The van der Waals surface area contributed by atoms with Crippen molar-refractivity contribution < 1.29 is 0 Å². The lowest BCUT2D eigenvalue weighted by atomic mass is 10.1. The van der Waals surface area contributed by atoms with Gasteiger partial charge in [-0.2, -0.15) is 0 Å². The van der Waals surface area contributed by atoms with Gasteiger partial charge < -0.3 is 15.5 Å². The number of nitrogens with one attached hydrogen (secondary N) is 2. The minimum atomic E-state index is 0. The molecule has 0 bridgehead atoms. The monoisotopic (exact) mass is 416 g/mol. The number of hydrogen-bond donors (Lipinski definition) is 2. The van der Waals surface area contributed by atoms with Crippen LogP contribution in [0.5, 0.6) is 0 Å². The molecule has 1 atom stereocenters. The fourth-order valence-electron chi connectivity index (χ4n) is 2.00. The Bertz CT molecular complexity index is 432. The van der Waals surface area contributed by atoms with Crippen LogP contribution < -0.4 is 10.6 Å². The first kappa shape index (κ1) is 20.9. The van der Waals surface area contributed by atoms with Crippen molar-refractivity contribution in [2.45, 2.75) is 19.4 Å². The van der Waals surface area contributed by atoms with Crippen molar-refractivity contribution in [1.82, 2.24) is 15.5 Å². The van der Waals surface area contributed by atoms with Crippen LogP contribution in [0.3, 0.4) is 0 Å². The van der Waals surface area contributed by atoms with Gasteiger partial charge in [-0.15, -0.1) is 30.6 Å². The van der Waals surface area contributed by atoms with Gasteiger partial charge in [-0.1, -0.05) is 36.4 Å². The molecule has 0 radical (unpaired) electrons. The summed E-state index contributed by atoms with van der Waals surface area (Å²) < 4.78 is 0. The van der Waals surface area contributed by atoms with E-state index in [1.807, 2.05) is 6.08 Å². The fraction of sp³-hybridized carbons (Fsp3) is 0.471. The van der Waals surface area contributed by atoms with Crippen molar-refractivity contribution in [3.05, 3.63) is 48.6 Å². The van der Waals surface area contributed by atoms with Crippen molar-refractivity contribution in [3.8, 4) is 0 Å². The number of halogens is 1. The Hall–Kier alpha value is -1.08. The summed E-state index contributed by atoms with van der Waals surface area (Å²) in [6.07, 6.45) is 2.83. The molecule has 0 aliphatic rings. The fourth-order valence-corrected chi connectivity index (χ4v) is 2.00. The highest BCUT2D eigenvalue weighted by atomic mass is 127. The maximum absolute atomic E-state index is 4.67. The molecule has 0 heterocycles. The molecule has 124 valence electrons. The standard InChI is InChI=1S/C17H28N4.HI/c1-5-12-19-17(18-6-2)20-14-16(21(3)4)13-15-10-8-7-9-11-15;/h5,7-11,16H,1,6,12-14H2,2-4H3,(H2,18,19,20);1H. The van der Waals surface area contributed by atoms with Crippen molar-refractivity contribution in [2.75, 3.05) is 33.7 Å². The molecule has 22 heavy (non-hydrogen) atoms. The molecule has 2 N–H and O–H groups in total. The zero-order valence-corrected chi connectivity index (χ0v) is 16.2. The first-order valence-corrected chi connectivity index (χ1v) is 7.50. The molecule has 1 aromatic carbocycles. The van der Waals surface area contributed by atoms with Crippen molar-refractivity contribution in [3.63, 3.8) is 0 Å². The highest BCUT2D eigenvalue weighted by Crippen LogP contribution is 2.07. The van der Waals surface area contributed by atoms with Crippen LogP contribution in [0.15, 0.2) is 48.0 Å². The molecule has 0 aliphatic heterocycles. The van der Waals surface area contributed by atoms with Crippen LogP contribution in [-0.2, 0) is 6.42 Å². The quantitative estimate of drug-likeness (QED) is 0.296. The molecule has 1 unspecified atom stereocenters. The average molecular weight is 416 g/mol. The van der Waals surface area contributed by atoms with E-state index in [-0.39, 0.29) is 24.0 Å². The molecule has 5 heteroatoms. The third-order valence-electron chi connectivity index (χ3n) is 3.26. The summed E-state index contributed by atoms with van der Waals surface area (Å²) in [5.74, 6) is 0.845. The summed E-state index contributed by atoms with van der Waals surface area (Å²) in [5, 5.41) is 6.48. The minimum Gasteiger partial charge on any atom is -0.357 e. The minimum absolute atomic E-state index is 0. The molecular weight excluding hydrogens is 387 g/mol. The highest BCUT2D eigenvalue weighted by Gasteiger charge is 2.12. The Morgan fingerprint density at radius 1 is 1.27 bits per heavy atom. The van der Waals surface area contributed by atoms with E-state index in [0.29, 0.717) is 6.04 Å². The zero-order valence-electron chi connectivity index (χ0n) is 13.9. The van der Waals surface area contributed by atoms with Gasteiger partial charge in [0.2, 0.25) is 0 Å². The molecule has 0 spiro atoms. The molecule has 4 nitrogen and oxygen atoms in total. The second-order valence-corrected chi connectivity index (χ2v) is 5.20. The molecule has 0 aliphatic carbocycles. The summed E-state index contributed by atoms with van der Waals surface area (Å²) in [6, 6.07) is 10.9. The van der Waals surface area contributed by atoms with Crippen molar-refractivity contribution in [1.29, 1.82) is 0 Å². The predicted octanol–water partition coefficient (Wildman–Crippen LogP) is 2.52. The van der Waals surface area contributed by atoms with E-state index in [1.165, 1.54) is 5.56 Å². The van der Waals surface area contributed by atoms with Crippen LogP contribution in [0.2, 0.25) is 0 Å². The number of guanidine groups is 1. The van der Waals surface area contributed by atoms with Gasteiger partial charge in [-0.05, 0) is 33.0 Å². The second kappa shape index (κ2) is 12.5. The van der Waals surface area contributed by atoms with Crippen LogP contribution >= 0.6 is 24.0 Å². The molecule has 0 aromatic heterocycles. The lowest BCUT2D eigenvalue weighted by Crippen LogP contribution is -2.39. The highest BCUT2D eigenvalue weighted by molar-refractivity contribution is 14.0. The second-order valence-electron chi connectivity index (χ2n) is 5.20. The van der Waals surface area contributed by atoms with E-state index < -0.39 is 0 Å². The SMILES string of the molecule is C=CCNC(=NCC(Cc1ccccc1)N(C)C)NCC.I.